The Hall–Kier alpha value is -1.99. The van der Waals surface area contributed by atoms with E-state index in [1.807, 2.05) is 18.2 Å². The quantitative estimate of drug-likeness (QED) is 0.437. The molecule has 0 aliphatic carbocycles. The number of thioether (sulfide) groups is 1. The van der Waals surface area contributed by atoms with Gasteiger partial charge >= 0.3 is 0 Å². The van der Waals surface area contributed by atoms with Crippen molar-refractivity contribution in [2.45, 2.75) is 18.6 Å². The van der Waals surface area contributed by atoms with Crippen molar-refractivity contribution in [2.24, 2.45) is 0 Å². The van der Waals surface area contributed by atoms with Crippen LogP contribution < -0.4 is 0 Å². The summed E-state index contributed by atoms with van der Waals surface area (Å²) in [4.78, 5) is 4.71. The Morgan fingerprint density at radius 1 is 1.12 bits per heavy atom. The lowest BCUT2D eigenvalue weighted by Gasteiger charge is -2.07. The van der Waals surface area contributed by atoms with Crippen molar-refractivity contribution in [3.63, 3.8) is 0 Å². The average molecular weight is 417 g/mol. The van der Waals surface area contributed by atoms with E-state index in [-0.39, 0.29) is 5.82 Å². The van der Waals surface area contributed by atoms with Crippen LogP contribution in [0.1, 0.15) is 12.5 Å². The first-order valence-electron chi connectivity index (χ1n) is 7.85. The van der Waals surface area contributed by atoms with Crippen LogP contribution in [0.3, 0.4) is 0 Å². The second kappa shape index (κ2) is 6.72. The fraction of sp³-hybridized carbons (Fsp3) is 0.167. The Bertz CT molecular complexity index is 1060. The van der Waals surface area contributed by atoms with E-state index in [1.54, 1.807) is 23.9 Å². The maximum absolute atomic E-state index is 13.2. The normalized spacial score (nSPS) is 11.5. The highest BCUT2D eigenvalue weighted by Gasteiger charge is 2.15. The highest BCUT2D eigenvalue weighted by atomic mass is 79.9. The summed E-state index contributed by atoms with van der Waals surface area (Å²) in [5, 5.41) is 10.3. The van der Waals surface area contributed by atoms with Gasteiger partial charge in [-0.05, 0) is 41.6 Å². The molecule has 0 amide bonds. The van der Waals surface area contributed by atoms with Gasteiger partial charge in [0.25, 0.3) is 0 Å². The summed E-state index contributed by atoms with van der Waals surface area (Å²) < 4.78 is 16.3. The molecule has 0 fully saturated rings. The van der Waals surface area contributed by atoms with E-state index < -0.39 is 0 Å². The van der Waals surface area contributed by atoms with Crippen molar-refractivity contribution in [3.05, 3.63) is 58.3 Å². The van der Waals surface area contributed by atoms with E-state index in [2.05, 4.69) is 37.6 Å². The molecule has 0 aliphatic rings. The number of hydrogen-bond donors (Lipinski definition) is 0. The third kappa shape index (κ3) is 3.14. The van der Waals surface area contributed by atoms with Gasteiger partial charge < -0.3 is 4.57 Å². The molecule has 4 rings (SSSR count). The van der Waals surface area contributed by atoms with Gasteiger partial charge in [0.05, 0.1) is 5.52 Å². The van der Waals surface area contributed by atoms with Crippen molar-refractivity contribution < 1.29 is 4.39 Å². The number of fused-ring (bicyclic) bond motifs is 3. The molecule has 2 heterocycles. The lowest BCUT2D eigenvalue weighted by Crippen LogP contribution is -2.02. The van der Waals surface area contributed by atoms with Crippen LogP contribution in [-0.4, -0.2) is 25.5 Å². The zero-order valence-electron chi connectivity index (χ0n) is 13.4. The number of benzene rings is 2. The van der Waals surface area contributed by atoms with Gasteiger partial charge in [-0.15, -0.1) is 10.2 Å². The highest BCUT2D eigenvalue weighted by molar-refractivity contribution is 9.10. The van der Waals surface area contributed by atoms with E-state index >= 15 is 0 Å². The third-order valence-corrected chi connectivity index (χ3v) is 5.15. The van der Waals surface area contributed by atoms with Crippen LogP contribution in [0.4, 0.5) is 4.39 Å². The second-order valence-electron chi connectivity index (χ2n) is 5.57. The van der Waals surface area contributed by atoms with Crippen LogP contribution in [0.2, 0.25) is 0 Å². The summed E-state index contributed by atoms with van der Waals surface area (Å²) in [5.41, 5.74) is 3.61. The van der Waals surface area contributed by atoms with Crippen molar-refractivity contribution in [3.8, 4) is 0 Å². The van der Waals surface area contributed by atoms with Gasteiger partial charge in [-0.3, -0.25) is 0 Å². The van der Waals surface area contributed by atoms with E-state index in [0.29, 0.717) is 11.7 Å². The molecule has 2 aromatic carbocycles. The average Bonchev–Trinajstić information content (AvgIpc) is 2.90. The zero-order valence-corrected chi connectivity index (χ0v) is 15.8. The van der Waals surface area contributed by atoms with Gasteiger partial charge in [-0.1, -0.05) is 46.7 Å². The molecule has 126 valence electrons. The van der Waals surface area contributed by atoms with Crippen LogP contribution in [0.5, 0.6) is 0 Å². The summed E-state index contributed by atoms with van der Waals surface area (Å²) in [6.07, 6.45) is 0. The first kappa shape index (κ1) is 16.5. The van der Waals surface area contributed by atoms with Gasteiger partial charge in [0.15, 0.2) is 5.65 Å². The van der Waals surface area contributed by atoms with E-state index in [9.17, 15) is 4.39 Å². The van der Waals surface area contributed by atoms with Crippen molar-refractivity contribution in [1.82, 2.24) is 19.7 Å². The number of aromatic nitrogens is 4. The van der Waals surface area contributed by atoms with Gasteiger partial charge in [-0.2, -0.15) is 0 Å². The fourth-order valence-electron chi connectivity index (χ4n) is 2.84. The topological polar surface area (TPSA) is 43.6 Å². The van der Waals surface area contributed by atoms with Crippen molar-refractivity contribution in [1.29, 1.82) is 0 Å². The van der Waals surface area contributed by atoms with Crippen LogP contribution in [0.25, 0.3) is 22.1 Å². The maximum atomic E-state index is 13.2. The fourth-order valence-corrected chi connectivity index (χ4v) is 3.70. The number of rotatable bonds is 4. The molecule has 0 atom stereocenters. The zero-order chi connectivity index (χ0) is 17.4. The Balaban J connectivity index is 1.94. The Morgan fingerprint density at radius 3 is 2.68 bits per heavy atom. The molecule has 0 spiro atoms. The Morgan fingerprint density at radius 2 is 1.92 bits per heavy atom. The molecule has 4 aromatic rings. The molecule has 0 aliphatic heterocycles. The van der Waals surface area contributed by atoms with Crippen molar-refractivity contribution >= 4 is 49.8 Å². The van der Waals surface area contributed by atoms with Gasteiger partial charge in [-0.25, -0.2) is 9.37 Å². The first-order chi connectivity index (χ1) is 12.2. The van der Waals surface area contributed by atoms with Crippen LogP contribution in [-0.2, 0) is 6.54 Å². The van der Waals surface area contributed by atoms with Crippen LogP contribution >= 0.6 is 27.7 Å². The predicted octanol–water partition coefficient (Wildman–Crippen LogP) is 5.04. The maximum Gasteiger partial charge on any atom is 0.211 e. The SMILES string of the molecule is CCSc1nnc2c3cc(Br)ccc3n(Cc3ccc(F)cc3)c2n1. The van der Waals surface area contributed by atoms with Crippen LogP contribution in [0.15, 0.2) is 52.1 Å². The summed E-state index contributed by atoms with van der Waals surface area (Å²) in [6.45, 7) is 2.65. The number of hydrogen-bond acceptors (Lipinski definition) is 4. The minimum Gasteiger partial charge on any atom is -0.319 e. The van der Waals surface area contributed by atoms with Gasteiger partial charge in [0, 0.05) is 16.4 Å². The molecular formula is C18H14BrFN4S. The highest BCUT2D eigenvalue weighted by Crippen LogP contribution is 2.30. The predicted molar refractivity (Wildman–Crippen MR) is 102 cm³/mol. The standard InChI is InChI=1S/C18H14BrFN4S/c1-2-25-18-21-17-16(22-23-18)14-9-12(19)5-8-15(14)24(17)10-11-3-6-13(20)7-4-11/h3-9H,2,10H2,1H3. The van der Waals surface area contributed by atoms with Crippen LogP contribution in [0, 0.1) is 5.82 Å². The number of halogens is 2. The van der Waals surface area contributed by atoms with Gasteiger partial charge in [0.1, 0.15) is 11.3 Å². The molecule has 0 saturated carbocycles. The molecule has 7 heteroatoms. The minimum absolute atomic E-state index is 0.236. The largest absolute Gasteiger partial charge is 0.319 e. The molecule has 25 heavy (non-hydrogen) atoms. The Kier molecular flexibility index (Phi) is 4.43. The molecule has 0 saturated heterocycles. The Labute approximate surface area is 156 Å². The number of nitrogens with zero attached hydrogens (tertiary/aromatic N) is 4. The summed E-state index contributed by atoms with van der Waals surface area (Å²) in [7, 11) is 0. The molecular weight excluding hydrogens is 403 g/mol. The molecule has 0 N–H and O–H groups in total. The molecule has 2 aromatic heterocycles. The van der Waals surface area contributed by atoms with E-state index in [1.165, 1.54) is 12.1 Å². The minimum atomic E-state index is -0.236. The lowest BCUT2D eigenvalue weighted by molar-refractivity contribution is 0.626. The summed E-state index contributed by atoms with van der Waals surface area (Å²) in [5.74, 6) is 0.650. The van der Waals surface area contributed by atoms with E-state index in [0.717, 1.165) is 37.9 Å². The summed E-state index contributed by atoms with van der Waals surface area (Å²) >= 11 is 5.08. The molecule has 0 unspecified atom stereocenters. The third-order valence-electron chi connectivity index (χ3n) is 3.94. The monoisotopic (exact) mass is 416 g/mol. The summed E-state index contributed by atoms with van der Waals surface area (Å²) in [6, 6.07) is 12.6. The molecule has 0 bridgehead atoms. The molecule has 4 nitrogen and oxygen atoms in total. The second-order valence-corrected chi connectivity index (χ2v) is 7.72. The first-order valence-corrected chi connectivity index (χ1v) is 9.63. The lowest BCUT2D eigenvalue weighted by atomic mass is 10.2. The van der Waals surface area contributed by atoms with E-state index in [4.69, 9.17) is 4.98 Å². The smallest absolute Gasteiger partial charge is 0.211 e. The van der Waals surface area contributed by atoms with Gasteiger partial charge in [0.2, 0.25) is 5.16 Å². The van der Waals surface area contributed by atoms with Crippen molar-refractivity contribution in [2.75, 3.05) is 5.75 Å². The molecule has 0 radical (unpaired) electrons.